The molecule has 1 heteroatoms. The highest BCUT2D eigenvalue weighted by atomic mass is 14.3. The number of hydrogen-bond donors (Lipinski definition) is 0. The zero-order valence-electron chi connectivity index (χ0n) is 9.84. The molecular weight excluding hydrogens is 170 g/mol. The second-order valence-electron chi connectivity index (χ2n) is 5.78. The standard InChI is InChI=1S/C13H23N/c1-13(2,3)12-8-6-11(7-9-12)5-4-10-14/h11-12H,4-9H2,1-3H3/t11-,12-. The van der Waals surface area contributed by atoms with Gasteiger partial charge in [-0.05, 0) is 36.5 Å². The maximum absolute atomic E-state index is 8.53. The second kappa shape index (κ2) is 4.82. The van der Waals surface area contributed by atoms with Crippen LogP contribution in [0.5, 0.6) is 0 Å². The predicted molar refractivity (Wildman–Crippen MR) is 59.8 cm³/mol. The van der Waals surface area contributed by atoms with Crippen molar-refractivity contribution in [2.24, 2.45) is 17.3 Å². The molecule has 1 saturated carbocycles. The summed E-state index contributed by atoms with van der Waals surface area (Å²) in [6.07, 6.45) is 7.34. The van der Waals surface area contributed by atoms with E-state index in [2.05, 4.69) is 26.8 Å². The van der Waals surface area contributed by atoms with Crippen LogP contribution in [0.3, 0.4) is 0 Å². The van der Waals surface area contributed by atoms with Gasteiger partial charge in [-0.3, -0.25) is 0 Å². The lowest BCUT2D eigenvalue weighted by Crippen LogP contribution is -2.25. The highest BCUT2D eigenvalue weighted by Crippen LogP contribution is 2.40. The molecule has 0 aliphatic heterocycles. The third-order valence-electron chi connectivity index (χ3n) is 3.74. The summed E-state index contributed by atoms with van der Waals surface area (Å²) in [6, 6.07) is 2.26. The van der Waals surface area contributed by atoms with E-state index in [1.165, 1.54) is 25.7 Å². The van der Waals surface area contributed by atoms with Gasteiger partial charge in [-0.25, -0.2) is 0 Å². The van der Waals surface area contributed by atoms with Crippen LogP contribution in [0.1, 0.15) is 59.3 Å². The molecule has 0 spiro atoms. The van der Waals surface area contributed by atoms with E-state index < -0.39 is 0 Å². The Hall–Kier alpha value is -0.510. The summed E-state index contributed by atoms with van der Waals surface area (Å²) >= 11 is 0. The summed E-state index contributed by atoms with van der Waals surface area (Å²) in [5.74, 6) is 1.74. The fraction of sp³-hybridized carbons (Fsp3) is 0.923. The first-order valence-electron chi connectivity index (χ1n) is 5.91. The van der Waals surface area contributed by atoms with Crippen molar-refractivity contribution < 1.29 is 0 Å². The average molecular weight is 193 g/mol. The fourth-order valence-corrected chi connectivity index (χ4v) is 2.59. The topological polar surface area (TPSA) is 23.8 Å². The quantitative estimate of drug-likeness (QED) is 0.646. The van der Waals surface area contributed by atoms with E-state index in [1.54, 1.807) is 0 Å². The van der Waals surface area contributed by atoms with Crippen molar-refractivity contribution in [3.05, 3.63) is 0 Å². The number of nitriles is 1. The highest BCUT2D eigenvalue weighted by Gasteiger charge is 2.29. The van der Waals surface area contributed by atoms with Crippen LogP contribution in [0.25, 0.3) is 0 Å². The Bertz CT molecular complexity index is 198. The van der Waals surface area contributed by atoms with E-state index in [9.17, 15) is 0 Å². The summed E-state index contributed by atoms with van der Waals surface area (Å²) in [4.78, 5) is 0. The molecule has 1 nitrogen and oxygen atoms in total. The summed E-state index contributed by atoms with van der Waals surface area (Å²) in [5, 5.41) is 8.53. The molecule has 0 saturated heterocycles. The molecule has 0 radical (unpaired) electrons. The maximum Gasteiger partial charge on any atom is 0.0621 e. The zero-order chi connectivity index (χ0) is 10.6. The highest BCUT2D eigenvalue weighted by molar-refractivity contribution is 4.82. The van der Waals surface area contributed by atoms with Crippen molar-refractivity contribution in [2.75, 3.05) is 0 Å². The molecule has 0 amide bonds. The Morgan fingerprint density at radius 3 is 2.14 bits per heavy atom. The Balaban J connectivity index is 2.29. The molecule has 0 unspecified atom stereocenters. The van der Waals surface area contributed by atoms with Crippen LogP contribution >= 0.6 is 0 Å². The Morgan fingerprint density at radius 1 is 1.14 bits per heavy atom. The van der Waals surface area contributed by atoms with Gasteiger partial charge in [-0.2, -0.15) is 5.26 Å². The van der Waals surface area contributed by atoms with E-state index in [0.29, 0.717) is 5.41 Å². The van der Waals surface area contributed by atoms with Crippen molar-refractivity contribution in [1.29, 1.82) is 5.26 Å². The van der Waals surface area contributed by atoms with Gasteiger partial charge < -0.3 is 0 Å². The van der Waals surface area contributed by atoms with Crippen molar-refractivity contribution >= 4 is 0 Å². The summed E-state index contributed by atoms with van der Waals surface area (Å²) in [5.41, 5.74) is 0.486. The molecule has 80 valence electrons. The number of rotatable bonds is 2. The largest absolute Gasteiger partial charge is 0.198 e. The first kappa shape index (κ1) is 11.6. The van der Waals surface area contributed by atoms with Gasteiger partial charge >= 0.3 is 0 Å². The molecule has 1 aliphatic rings. The summed E-state index contributed by atoms with van der Waals surface area (Å²) < 4.78 is 0. The molecule has 0 bridgehead atoms. The second-order valence-corrected chi connectivity index (χ2v) is 5.78. The van der Waals surface area contributed by atoms with E-state index in [1.807, 2.05) is 0 Å². The third-order valence-corrected chi connectivity index (χ3v) is 3.74. The average Bonchev–Trinajstić information content (AvgIpc) is 2.14. The molecule has 0 aromatic rings. The van der Waals surface area contributed by atoms with Crippen LogP contribution in [0.2, 0.25) is 0 Å². The lowest BCUT2D eigenvalue weighted by atomic mass is 9.69. The van der Waals surface area contributed by atoms with Gasteiger partial charge in [0.05, 0.1) is 6.07 Å². The molecule has 0 aromatic heterocycles. The Labute approximate surface area is 88.5 Å². The molecule has 0 heterocycles. The van der Waals surface area contributed by atoms with Crippen molar-refractivity contribution in [3.8, 4) is 6.07 Å². The van der Waals surface area contributed by atoms with Crippen molar-refractivity contribution in [1.82, 2.24) is 0 Å². The van der Waals surface area contributed by atoms with Crippen molar-refractivity contribution in [2.45, 2.75) is 59.3 Å². The third kappa shape index (κ3) is 3.33. The van der Waals surface area contributed by atoms with Crippen LogP contribution in [0.4, 0.5) is 0 Å². The molecule has 0 aromatic carbocycles. The molecule has 0 N–H and O–H groups in total. The molecule has 0 atom stereocenters. The normalized spacial score (nSPS) is 28.4. The summed E-state index contributed by atoms with van der Waals surface area (Å²) in [6.45, 7) is 7.06. The Morgan fingerprint density at radius 2 is 1.71 bits per heavy atom. The lowest BCUT2D eigenvalue weighted by Gasteiger charge is -2.36. The van der Waals surface area contributed by atoms with Crippen LogP contribution in [0.15, 0.2) is 0 Å². The summed E-state index contributed by atoms with van der Waals surface area (Å²) in [7, 11) is 0. The lowest BCUT2D eigenvalue weighted by molar-refractivity contribution is 0.147. The minimum absolute atomic E-state index is 0.486. The molecular formula is C13H23N. The smallest absolute Gasteiger partial charge is 0.0621 e. The van der Waals surface area contributed by atoms with Gasteiger partial charge in [0.25, 0.3) is 0 Å². The zero-order valence-corrected chi connectivity index (χ0v) is 9.84. The van der Waals surface area contributed by atoms with E-state index >= 15 is 0 Å². The minimum Gasteiger partial charge on any atom is -0.198 e. The SMILES string of the molecule is CC(C)(C)[C@H]1CC[C@H](CCC#N)CC1. The predicted octanol–water partition coefficient (Wildman–Crippen LogP) is 4.14. The molecule has 1 aliphatic carbocycles. The maximum atomic E-state index is 8.53. The minimum atomic E-state index is 0.486. The van der Waals surface area contributed by atoms with E-state index in [4.69, 9.17) is 5.26 Å². The van der Waals surface area contributed by atoms with E-state index in [0.717, 1.165) is 24.7 Å². The van der Waals surface area contributed by atoms with Crippen LogP contribution in [-0.2, 0) is 0 Å². The van der Waals surface area contributed by atoms with Crippen LogP contribution < -0.4 is 0 Å². The molecule has 14 heavy (non-hydrogen) atoms. The van der Waals surface area contributed by atoms with Gasteiger partial charge in [0.15, 0.2) is 0 Å². The van der Waals surface area contributed by atoms with Gasteiger partial charge in [0, 0.05) is 6.42 Å². The first-order chi connectivity index (χ1) is 6.54. The number of hydrogen-bond acceptors (Lipinski definition) is 1. The molecule has 1 fully saturated rings. The van der Waals surface area contributed by atoms with Crippen molar-refractivity contribution in [3.63, 3.8) is 0 Å². The molecule has 1 rings (SSSR count). The fourth-order valence-electron chi connectivity index (χ4n) is 2.59. The van der Waals surface area contributed by atoms with Gasteiger partial charge in [0.1, 0.15) is 0 Å². The van der Waals surface area contributed by atoms with E-state index in [-0.39, 0.29) is 0 Å². The van der Waals surface area contributed by atoms with Crippen LogP contribution in [0, 0.1) is 28.6 Å². The monoisotopic (exact) mass is 193 g/mol. The Kier molecular flexibility index (Phi) is 3.98. The van der Waals surface area contributed by atoms with Gasteiger partial charge in [0.2, 0.25) is 0 Å². The number of nitrogens with zero attached hydrogens (tertiary/aromatic N) is 1. The van der Waals surface area contributed by atoms with Gasteiger partial charge in [-0.1, -0.05) is 33.6 Å². The van der Waals surface area contributed by atoms with Gasteiger partial charge in [-0.15, -0.1) is 0 Å². The first-order valence-corrected chi connectivity index (χ1v) is 5.91. The van der Waals surface area contributed by atoms with Crippen LogP contribution in [-0.4, -0.2) is 0 Å².